The van der Waals surface area contributed by atoms with Gasteiger partial charge in [0, 0.05) is 5.02 Å². The van der Waals surface area contributed by atoms with Gasteiger partial charge in [-0.1, -0.05) is 29.8 Å². The van der Waals surface area contributed by atoms with Crippen LogP contribution in [0.1, 0.15) is 21.5 Å². The predicted octanol–water partition coefficient (Wildman–Crippen LogP) is 4.09. The molecule has 0 aromatic heterocycles. The molecule has 0 saturated carbocycles. The Morgan fingerprint density at radius 2 is 1.74 bits per heavy atom. The Bertz CT molecular complexity index is 817. The molecule has 0 radical (unpaired) electrons. The Labute approximate surface area is 134 Å². The minimum absolute atomic E-state index is 0.161. The Hall–Kier alpha value is -2.34. The third kappa shape index (κ3) is 2.70. The zero-order chi connectivity index (χ0) is 16.8. The van der Waals surface area contributed by atoms with Crippen LogP contribution >= 0.6 is 11.6 Å². The van der Waals surface area contributed by atoms with Gasteiger partial charge >= 0.3 is 6.18 Å². The quantitative estimate of drug-likeness (QED) is 0.773. The molecule has 23 heavy (non-hydrogen) atoms. The normalized spacial score (nSPS) is 14.3. The van der Waals surface area contributed by atoms with E-state index in [9.17, 15) is 22.8 Å². The molecule has 1 amide bonds. The lowest BCUT2D eigenvalue weighted by Gasteiger charge is -2.21. The summed E-state index contributed by atoms with van der Waals surface area (Å²) in [6, 6.07) is 9.59. The highest BCUT2D eigenvalue weighted by molar-refractivity contribution is 6.52. The van der Waals surface area contributed by atoms with E-state index >= 15 is 0 Å². The molecule has 1 heterocycles. The Kier molecular flexibility index (Phi) is 3.64. The second kappa shape index (κ2) is 5.38. The third-order valence-electron chi connectivity index (χ3n) is 3.53. The first-order chi connectivity index (χ1) is 10.8. The van der Waals surface area contributed by atoms with Crippen LogP contribution in [-0.4, -0.2) is 11.7 Å². The van der Waals surface area contributed by atoms with E-state index < -0.39 is 29.1 Å². The number of ketones is 1. The summed E-state index contributed by atoms with van der Waals surface area (Å²) in [4.78, 5) is 24.9. The van der Waals surface area contributed by atoms with Crippen molar-refractivity contribution in [2.75, 3.05) is 4.90 Å². The number of halogens is 4. The summed E-state index contributed by atoms with van der Waals surface area (Å²) >= 11 is 5.85. The summed E-state index contributed by atoms with van der Waals surface area (Å²) < 4.78 is 39.6. The molecule has 1 aliphatic heterocycles. The maximum absolute atomic E-state index is 13.2. The number of amides is 1. The number of benzene rings is 2. The van der Waals surface area contributed by atoms with E-state index in [1.807, 2.05) is 0 Å². The van der Waals surface area contributed by atoms with Crippen molar-refractivity contribution < 1.29 is 22.8 Å². The summed E-state index contributed by atoms with van der Waals surface area (Å²) in [6.07, 6.45) is -4.66. The Morgan fingerprint density at radius 1 is 1.04 bits per heavy atom. The summed E-state index contributed by atoms with van der Waals surface area (Å²) in [5, 5.41) is 0.393. The summed E-state index contributed by atoms with van der Waals surface area (Å²) in [5.41, 5.74) is -1.10. The van der Waals surface area contributed by atoms with Gasteiger partial charge in [0.2, 0.25) is 0 Å². The van der Waals surface area contributed by atoms with Crippen LogP contribution in [0.4, 0.5) is 18.9 Å². The average molecular weight is 340 g/mol. The molecule has 2 aromatic carbocycles. The Morgan fingerprint density at radius 3 is 2.39 bits per heavy atom. The molecule has 3 nitrogen and oxygen atoms in total. The van der Waals surface area contributed by atoms with Crippen molar-refractivity contribution in [3.8, 4) is 0 Å². The smallest absolute Gasteiger partial charge is 0.300 e. The predicted molar refractivity (Wildman–Crippen MR) is 78.4 cm³/mol. The highest BCUT2D eigenvalue weighted by Gasteiger charge is 2.44. The number of nitrogens with zero attached hydrogens (tertiary/aromatic N) is 1. The fourth-order valence-electron chi connectivity index (χ4n) is 2.55. The molecule has 0 bridgehead atoms. The zero-order valence-corrected chi connectivity index (χ0v) is 12.3. The molecule has 0 fully saturated rings. The number of para-hydroxylation sites is 1. The highest BCUT2D eigenvalue weighted by atomic mass is 35.5. The number of anilines is 1. The van der Waals surface area contributed by atoms with Gasteiger partial charge in [-0.3, -0.25) is 14.5 Å². The van der Waals surface area contributed by atoms with Crippen LogP contribution < -0.4 is 4.90 Å². The molecular weight excluding hydrogens is 331 g/mol. The van der Waals surface area contributed by atoms with E-state index in [2.05, 4.69) is 0 Å². The fraction of sp³-hybridized carbons (Fsp3) is 0.125. The molecule has 118 valence electrons. The first kappa shape index (κ1) is 15.6. The number of Topliss-reactive ketones (excluding diaryl/α,β-unsaturated/α-hetero) is 1. The monoisotopic (exact) mass is 339 g/mol. The number of hydrogen-bond donors (Lipinski definition) is 0. The van der Waals surface area contributed by atoms with E-state index in [0.29, 0.717) is 10.6 Å². The van der Waals surface area contributed by atoms with Gasteiger partial charge in [-0.15, -0.1) is 0 Å². The number of carbonyl (C=O) groups is 2. The molecule has 0 atom stereocenters. The molecule has 0 unspecified atom stereocenters. The van der Waals surface area contributed by atoms with Gasteiger partial charge < -0.3 is 0 Å². The largest absolute Gasteiger partial charge is 0.418 e. The molecule has 0 N–H and O–H groups in total. The van der Waals surface area contributed by atoms with Gasteiger partial charge in [0.05, 0.1) is 23.4 Å². The minimum atomic E-state index is -4.66. The molecule has 7 heteroatoms. The summed E-state index contributed by atoms with van der Waals surface area (Å²) in [7, 11) is 0. The second-order valence-corrected chi connectivity index (χ2v) is 5.49. The topological polar surface area (TPSA) is 37.4 Å². The van der Waals surface area contributed by atoms with Gasteiger partial charge in [-0.05, 0) is 29.8 Å². The highest BCUT2D eigenvalue weighted by Crippen LogP contribution is 2.42. The lowest BCUT2D eigenvalue weighted by molar-refractivity contribution is -0.137. The minimum Gasteiger partial charge on any atom is -0.300 e. The van der Waals surface area contributed by atoms with E-state index in [0.717, 1.165) is 17.0 Å². The maximum Gasteiger partial charge on any atom is 0.418 e. The number of alkyl halides is 3. The lowest BCUT2D eigenvalue weighted by Crippen LogP contribution is -2.30. The van der Waals surface area contributed by atoms with Crippen molar-refractivity contribution in [2.24, 2.45) is 0 Å². The fourth-order valence-corrected chi connectivity index (χ4v) is 2.77. The summed E-state index contributed by atoms with van der Waals surface area (Å²) in [6.45, 7) is -0.161. The Balaban J connectivity index is 2.11. The standard InChI is InChI=1S/C16H9ClF3NO2/c17-10-4-1-3-9(7-10)8-21-13-11(14(22)15(21)23)5-2-6-12(13)16(18,19)20/h1-7H,8H2. The van der Waals surface area contributed by atoms with Gasteiger partial charge in [-0.25, -0.2) is 0 Å². The van der Waals surface area contributed by atoms with E-state index in [4.69, 9.17) is 11.6 Å². The first-order valence-electron chi connectivity index (χ1n) is 6.60. The van der Waals surface area contributed by atoms with Crippen LogP contribution in [0, 0.1) is 0 Å². The number of carbonyl (C=O) groups excluding carboxylic acids is 2. The van der Waals surface area contributed by atoms with Crippen molar-refractivity contribution in [3.05, 3.63) is 64.2 Å². The van der Waals surface area contributed by atoms with Crippen LogP contribution in [0.3, 0.4) is 0 Å². The van der Waals surface area contributed by atoms with Crippen molar-refractivity contribution in [3.63, 3.8) is 0 Å². The van der Waals surface area contributed by atoms with E-state index in [1.54, 1.807) is 18.2 Å². The second-order valence-electron chi connectivity index (χ2n) is 5.05. The number of rotatable bonds is 2. The maximum atomic E-state index is 13.2. The van der Waals surface area contributed by atoms with E-state index in [-0.39, 0.29) is 12.1 Å². The van der Waals surface area contributed by atoms with Crippen molar-refractivity contribution in [1.82, 2.24) is 0 Å². The first-order valence-corrected chi connectivity index (χ1v) is 6.97. The SMILES string of the molecule is O=C1C(=O)N(Cc2cccc(Cl)c2)c2c1cccc2C(F)(F)F. The molecule has 0 saturated heterocycles. The molecule has 2 aromatic rings. The van der Waals surface area contributed by atoms with Gasteiger partial charge in [0.25, 0.3) is 11.7 Å². The van der Waals surface area contributed by atoms with Gasteiger partial charge in [0.15, 0.2) is 0 Å². The average Bonchev–Trinajstić information content (AvgIpc) is 2.72. The number of hydrogen-bond acceptors (Lipinski definition) is 2. The van der Waals surface area contributed by atoms with Crippen molar-refractivity contribution in [1.29, 1.82) is 0 Å². The molecular formula is C16H9ClF3NO2. The van der Waals surface area contributed by atoms with Gasteiger partial charge in [0.1, 0.15) is 0 Å². The molecule has 0 aliphatic carbocycles. The molecule has 0 spiro atoms. The van der Waals surface area contributed by atoms with Crippen LogP contribution in [0.2, 0.25) is 5.02 Å². The van der Waals surface area contributed by atoms with E-state index in [1.165, 1.54) is 12.1 Å². The van der Waals surface area contributed by atoms with Gasteiger partial charge in [-0.2, -0.15) is 13.2 Å². The summed E-state index contributed by atoms with van der Waals surface area (Å²) in [5.74, 6) is -1.91. The van der Waals surface area contributed by atoms with Crippen LogP contribution in [0.25, 0.3) is 0 Å². The van der Waals surface area contributed by atoms with Crippen LogP contribution in [0.15, 0.2) is 42.5 Å². The molecule has 1 aliphatic rings. The van der Waals surface area contributed by atoms with Crippen molar-refractivity contribution >= 4 is 29.0 Å². The van der Waals surface area contributed by atoms with Crippen LogP contribution in [-0.2, 0) is 17.5 Å². The third-order valence-corrected chi connectivity index (χ3v) is 3.76. The van der Waals surface area contributed by atoms with Crippen molar-refractivity contribution in [2.45, 2.75) is 12.7 Å². The van der Waals surface area contributed by atoms with Crippen LogP contribution in [0.5, 0.6) is 0 Å². The zero-order valence-electron chi connectivity index (χ0n) is 11.5. The number of fused-ring (bicyclic) bond motifs is 1. The molecule has 3 rings (SSSR count). The lowest BCUT2D eigenvalue weighted by atomic mass is 10.1.